The summed E-state index contributed by atoms with van der Waals surface area (Å²) in [5, 5.41) is 0.421. The van der Waals surface area contributed by atoms with Gasteiger partial charge in [0.2, 0.25) is 6.10 Å². The monoisotopic (exact) mass is 332 g/mol. The van der Waals surface area contributed by atoms with Crippen molar-refractivity contribution < 1.29 is 19.1 Å². The molecular formula is C18H17ClO4. The smallest absolute Gasteiger partial charge is 0.352 e. The first-order valence-electron chi connectivity index (χ1n) is 7.30. The van der Waals surface area contributed by atoms with Crippen molar-refractivity contribution in [3.8, 4) is 0 Å². The molecule has 0 fully saturated rings. The molecule has 0 spiro atoms. The van der Waals surface area contributed by atoms with E-state index in [0.717, 1.165) is 0 Å². The topological polar surface area (TPSA) is 52.6 Å². The van der Waals surface area contributed by atoms with Crippen molar-refractivity contribution in [3.63, 3.8) is 0 Å². The maximum Gasteiger partial charge on any atom is 0.352 e. The summed E-state index contributed by atoms with van der Waals surface area (Å²) in [6, 6.07) is 15.1. The average Bonchev–Trinajstić information content (AvgIpc) is 2.58. The summed E-state index contributed by atoms with van der Waals surface area (Å²) in [7, 11) is 0. The lowest BCUT2D eigenvalue weighted by atomic mass is 10.1. The number of rotatable bonds is 6. The lowest BCUT2D eigenvalue weighted by molar-refractivity contribution is -0.154. The van der Waals surface area contributed by atoms with E-state index in [1.807, 2.05) is 13.0 Å². The number of esters is 2. The van der Waals surface area contributed by atoms with Crippen LogP contribution in [-0.2, 0) is 14.3 Å². The Morgan fingerprint density at radius 2 is 1.83 bits per heavy atom. The lowest BCUT2D eigenvalue weighted by Gasteiger charge is -2.17. The third kappa shape index (κ3) is 4.83. The molecule has 1 atom stereocenters. The molecule has 4 nitrogen and oxygen atoms in total. The summed E-state index contributed by atoms with van der Waals surface area (Å²) in [6.07, 6.45) is -0.413. The van der Waals surface area contributed by atoms with E-state index in [0.29, 0.717) is 17.0 Å². The second kappa shape index (κ2) is 8.34. The minimum Gasteiger partial charge on any atom is -0.463 e. The van der Waals surface area contributed by atoms with E-state index in [4.69, 9.17) is 21.1 Å². The summed E-state index contributed by atoms with van der Waals surface area (Å²) in [4.78, 5) is 24.5. The number of ether oxygens (including phenoxy) is 2. The number of carbonyl (C=O) groups is 2. The van der Waals surface area contributed by atoms with Gasteiger partial charge in [0.1, 0.15) is 0 Å². The maximum atomic E-state index is 12.3. The zero-order valence-corrected chi connectivity index (χ0v) is 13.5. The van der Waals surface area contributed by atoms with Gasteiger partial charge < -0.3 is 9.47 Å². The minimum absolute atomic E-state index is 0.275. The van der Waals surface area contributed by atoms with E-state index in [-0.39, 0.29) is 12.2 Å². The zero-order valence-electron chi connectivity index (χ0n) is 12.7. The average molecular weight is 333 g/mol. The van der Waals surface area contributed by atoms with Crippen LogP contribution in [0.5, 0.6) is 0 Å². The number of halogens is 1. The second-order valence-corrected chi connectivity index (χ2v) is 5.31. The Hall–Kier alpha value is -2.33. The van der Waals surface area contributed by atoms with Gasteiger partial charge in [-0.15, -0.1) is 0 Å². The minimum atomic E-state index is -1.10. The number of hydrogen-bond acceptors (Lipinski definition) is 4. The van der Waals surface area contributed by atoms with Crippen molar-refractivity contribution in [1.29, 1.82) is 0 Å². The Kier molecular flexibility index (Phi) is 6.18. The summed E-state index contributed by atoms with van der Waals surface area (Å²) in [5.74, 6) is -1.22. The van der Waals surface area contributed by atoms with Crippen molar-refractivity contribution in [3.05, 3.63) is 70.7 Å². The van der Waals surface area contributed by atoms with Gasteiger partial charge in [-0.1, -0.05) is 54.9 Å². The first-order chi connectivity index (χ1) is 11.1. The fraction of sp³-hybridized carbons (Fsp3) is 0.222. The van der Waals surface area contributed by atoms with Crippen LogP contribution in [0, 0.1) is 0 Å². The van der Waals surface area contributed by atoms with Crippen molar-refractivity contribution >= 4 is 23.5 Å². The number of hydrogen-bond donors (Lipinski definition) is 0. The molecule has 0 aliphatic heterocycles. The molecule has 2 aromatic carbocycles. The van der Waals surface area contributed by atoms with Gasteiger partial charge in [-0.2, -0.15) is 0 Å². The third-order valence-electron chi connectivity index (χ3n) is 3.05. The predicted octanol–water partition coefficient (Wildman–Crippen LogP) is 4.19. The van der Waals surface area contributed by atoms with Crippen LogP contribution < -0.4 is 0 Å². The van der Waals surface area contributed by atoms with Gasteiger partial charge in [-0.3, -0.25) is 0 Å². The van der Waals surface area contributed by atoms with Crippen LogP contribution in [0.2, 0.25) is 5.02 Å². The highest BCUT2D eigenvalue weighted by molar-refractivity contribution is 6.30. The van der Waals surface area contributed by atoms with E-state index < -0.39 is 18.0 Å². The van der Waals surface area contributed by atoms with Crippen molar-refractivity contribution in [2.75, 3.05) is 6.61 Å². The van der Waals surface area contributed by atoms with Crippen LogP contribution >= 0.6 is 11.6 Å². The fourth-order valence-corrected chi connectivity index (χ4v) is 2.14. The Bertz CT molecular complexity index is 670. The summed E-state index contributed by atoms with van der Waals surface area (Å²) in [6.45, 7) is 2.17. The Balaban J connectivity index is 2.20. The van der Waals surface area contributed by atoms with Gasteiger partial charge in [0.15, 0.2) is 0 Å². The molecule has 0 aromatic heterocycles. The lowest BCUT2D eigenvalue weighted by Crippen LogP contribution is -2.22. The highest BCUT2D eigenvalue weighted by atomic mass is 35.5. The van der Waals surface area contributed by atoms with E-state index in [1.54, 1.807) is 42.5 Å². The van der Waals surface area contributed by atoms with Crippen molar-refractivity contribution in [2.45, 2.75) is 19.4 Å². The molecule has 2 aromatic rings. The molecule has 0 bridgehead atoms. The van der Waals surface area contributed by atoms with Gasteiger partial charge in [-0.05, 0) is 24.6 Å². The summed E-state index contributed by atoms with van der Waals surface area (Å²) < 4.78 is 10.5. The van der Waals surface area contributed by atoms with Crippen LogP contribution in [0.3, 0.4) is 0 Å². The summed E-state index contributed by atoms with van der Waals surface area (Å²) >= 11 is 5.87. The summed E-state index contributed by atoms with van der Waals surface area (Å²) in [5.41, 5.74) is 0.839. The van der Waals surface area contributed by atoms with E-state index >= 15 is 0 Å². The largest absolute Gasteiger partial charge is 0.463 e. The first kappa shape index (κ1) is 17.0. The quantitative estimate of drug-likeness (QED) is 0.744. The second-order valence-electron chi connectivity index (χ2n) is 4.87. The molecule has 0 saturated carbocycles. The van der Waals surface area contributed by atoms with Crippen LogP contribution in [0.4, 0.5) is 0 Å². The molecule has 1 unspecified atom stereocenters. The standard InChI is InChI=1S/C18H17ClO4/c1-2-11-22-18(21)16(13-7-4-3-5-8-13)23-17(20)14-9-6-10-15(19)12-14/h3-10,12,16H,2,11H2,1H3. The van der Waals surface area contributed by atoms with Gasteiger partial charge in [0.05, 0.1) is 12.2 Å². The van der Waals surface area contributed by atoms with E-state index in [2.05, 4.69) is 0 Å². The molecule has 2 rings (SSSR count). The molecular weight excluding hydrogens is 316 g/mol. The Morgan fingerprint density at radius 1 is 1.09 bits per heavy atom. The molecule has 120 valence electrons. The highest BCUT2D eigenvalue weighted by Gasteiger charge is 2.27. The van der Waals surface area contributed by atoms with Gasteiger partial charge >= 0.3 is 11.9 Å². The van der Waals surface area contributed by atoms with Crippen molar-refractivity contribution in [1.82, 2.24) is 0 Å². The predicted molar refractivity (Wildman–Crippen MR) is 87.3 cm³/mol. The third-order valence-corrected chi connectivity index (χ3v) is 3.29. The molecule has 0 saturated heterocycles. The zero-order chi connectivity index (χ0) is 16.7. The molecule has 0 aliphatic rings. The van der Waals surface area contributed by atoms with Gasteiger partial charge in [0, 0.05) is 10.6 Å². The fourth-order valence-electron chi connectivity index (χ4n) is 1.95. The molecule has 0 heterocycles. The molecule has 5 heteroatoms. The Labute approximate surface area is 140 Å². The van der Waals surface area contributed by atoms with Crippen LogP contribution in [0.25, 0.3) is 0 Å². The number of benzene rings is 2. The molecule has 0 N–H and O–H groups in total. The normalized spacial score (nSPS) is 11.6. The Morgan fingerprint density at radius 3 is 2.48 bits per heavy atom. The molecule has 23 heavy (non-hydrogen) atoms. The molecule has 0 radical (unpaired) electrons. The van der Waals surface area contributed by atoms with E-state index in [9.17, 15) is 9.59 Å². The van der Waals surface area contributed by atoms with Crippen molar-refractivity contribution in [2.24, 2.45) is 0 Å². The SMILES string of the molecule is CCCOC(=O)C(OC(=O)c1cccc(Cl)c1)c1ccccc1. The van der Waals surface area contributed by atoms with Crippen LogP contribution in [0.15, 0.2) is 54.6 Å². The molecule has 0 aliphatic carbocycles. The number of carbonyl (C=O) groups excluding carboxylic acids is 2. The first-order valence-corrected chi connectivity index (χ1v) is 7.67. The van der Waals surface area contributed by atoms with E-state index in [1.165, 1.54) is 6.07 Å². The highest BCUT2D eigenvalue weighted by Crippen LogP contribution is 2.22. The van der Waals surface area contributed by atoms with Gasteiger partial charge in [-0.25, -0.2) is 9.59 Å². The van der Waals surface area contributed by atoms with Gasteiger partial charge in [0.25, 0.3) is 0 Å². The van der Waals surface area contributed by atoms with Crippen LogP contribution in [-0.4, -0.2) is 18.5 Å². The molecule has 0 amide bonds. The van der Waals surface area contributed by atoms with Crippen LogP contribution in [0.1, 0.15) is 35.4 Å². The maximum absolute atomic E-state index is 12.3.